The standard InChI is InChI=1S/C28H24N2O3/c1-18-8-6-16-29-25(18)23-13-5-12-21-22(27(28(31)32)30-26(21)23)14-7-17-33-24-15-4-10-19-9-2-3-11-20(19)24/h2-6,8-13,15-16,30H,7,14,17H2,1H3,(H,31,32). The largest absolute Gasteiger partial charge is 0.493 e. The van der Waals surface area contributed by atoms with E-state index in [-0.39, 0.29) is 5.69 Å². The Bertz CT molecular complexity index is 1460. The van der Waals surface area contributed by atoms with E-state index in [0.717, 1.165) is 49.8 Å². The highest BCUT2D eigenvalue weighted by Gasteiger charge is 2.20. The molecule has 0 spiro atoms. The Morgan fingerprint density at radius 3 is 2.61 bits per heavy atom. The predicted octanol–water partition coefficient (Wildman–Crippen LogP) is 6.40. The maximum absolute atomic E-state index is 12.0. The van der Waals surface area contributed by atoms with E-state index in [1.807, 2.05) is 67.6 Å². The van der Waals surface area contributed by atoms with Gasteiger partial charge in [-0.2, -0.15) is 0 Å². The zero-order chi connectivity index (χ0) is 22.8. The molecule has 3 aromatic carbocycles. The van der Waals surface area contributed by atoms with Crippen LogP contribution in [-0.4, -0.2) is 27.7 Å². The summed E-state index contributed by atoms with van der Waals surface area (Å²) in [6.45, 7) is 2.51. The van der Waals surface area contributed by atoms with Crippen molar-refractivity contribution >= 4 is 27.6 Å². The van der Waals surface area contributed by atoms with Crippen LogP contribution in [0.1, 0.15) is 28.0 Å². The topological polar surface area (TPSA) is 75.2 Å². The first-order valence-corrected chi connectivity index (χ1v) is 11.0. The number of hydrogen-bond acceptors (Lipinski definition) is 3. The molecule has 0 aliphatic carbocycles. The Labute approximate surface area is 191 Å². The number of benzene rings is 3. The average molecular weight is 437 g/mol. The van der Waals surface area contributed by atoms with Crippen LogP contribution < -0.4 is 4.74 Å². The minimum absolute atomic E-state index is 0.233. The van der Waals surface area contributed by atoms with Gasteiger partial charge in [-0.25, -0.2) is 4.79 Å². The molecular formula is C28H24N2O3. The van der Waals surface area contributed by atoms with Crippen LogP contribution in [0.3, 0.4) is 0 Å². The zero-order valence-corrected chi connectivity index (χ0v) is 18.3. The molecule has 0 aliphatic heterocycles. The molecule has 5 rings (SSSR count). The molecule has 5 nitrogen and oxygen atoms in total. The summed E-state index contributed by atoms with van der Waals surface area (Å²) in [5.41, 5.74) is 4.65. The van der Waals surface area contributed by atoms with Gasteiger partial charge in [0.1, 0.15) is 11.4 Å². The molecule has 0 aliphatic rings. The monoisotopic (exact) mass is 436 g/mol. The number of carboxylic acids is 1. The zero-order valence-electron chi connectivity index (χ0n) is 18.3. The molecule has 5 heteroatoms. The number of nitrogens with one attached hydrogen (secondary N) is 1. The van der Waals surface area contributed by atoms with Crippen LogP contribution in [0.4, 0.5) is 0 Å². The number of pyridine rings is 1. The molecule has 33 heavy (non-hydrogen) atoms. The van der Waals surface area contributed by atoms with E-state index in [9.17, 15) is 9.90 Å². The van der Waals surface area contributed by atoms with E-state index in [1.165, 1.54) is 0 Å². The Kier molecular flexibility index (Phi) is 5.53. The second-order valence-electron chi connectivity index (χ2n) is 8.11. The first kappa shape index (κ1) is 20.8. The van der Waals surface area contributed by atoms with Crippen molar-refractivity contribution in [1.82, 2.24) is 9.97 Å². The Balaban J connectivity index is 1.42. The van der Waals surface area contributed by atoms with E-state index < -0.39 is 5.97 Å². The maximum atomic E-state index is 12.0. The highest BCUT2D eigenvalue weighted by Crippen LogP contribution is 2.33. The molecule has 0 saturated carbocycles. The second-order valence-corrected chi connectivity index (χ2v) is 8.11. The quantitative estimate of drug-likeness (QED) is 0.289. The molecule has 0 fully saturated rings. The highest BCUT2D eigenvalue weighted by atomic mass is 16.5. The van der Waals surface area contributed by atoms with Gasteiger partial charge in [0, 0.05) is 22.5 Å². The fourth-order valence-electron chi connectivity index (χ4n) is 4.43. The molecule has 2 aromatic heterocycles. The van der Waals surface area contributed by atoms with Gasteiger partial charge in [0.25, 0.3) is 0 Å². The number of aromatic nitrogens is 2. The average Bonchev–Trinajstić information content (AvgIpc) is 3.21. The van der Waals surface area contributed by atoms with Crippen LogP contribution in [0.25, 0.3) is 32.9 Å². The molecule has 0 saturated heterocycles. The van der Waals surface area contributed by atoms with Gasteiger partial charge in [0.2, 0.25) is 0 Å². The number of rotatable bonds is 7. The van der Waals surface area contributed by atoms with E-state index in [0.29, 0.717) is 19.4 Å². The third-order valence-corrected chi connectivity index (χ3v) is 6.00. The first-order valence-electron chi connectivity index (χ1n) is 11.0. The molecule has 0 amide bonds. The van der Waals surface area contributed by atoms with Gasteiger partial charge in [-0.3, -0.25) is 4.98 Å². The lowest BCUT2D eigenvalue weighted by Crippen LogP contribution is -2.04. The van der Waals surface area contributed by atoms with E-state index >= 15 is 0 Å². The number of ether oxygens (including phenoxy) is 1. The summed E-state index contributed by atoms with van der Waals surface area (Å²) in [4.78, 5) is 19.7. The number of carbonyl (C=O) groups is 1. The van der Waals surface area contributed by atoms with Gasteiger partial charge in [0.05, 0.1) is 17.8 Å². The SMILES string of the molecule is Cc1cccnc1-c1cccc2c(CCCOc3cccc4ccccc34)c(C(=O)O)[nH]c12. The summed E-state index contributed by atoms with van der Waals surface area (Å²) in [5, 5.41) is 13.0. The number of carboxylic acid groups (broad SMARTS) is 1. The number of H-pyrrole nitrogens is 1. The van der Waals surface area contributed by atoms with Crippen molar-refractivity contribution in [1.29, 1.82) is 0 Å². The lowest BCUT2D eigenvalue weighted by atomic mass is 10.0. The number of aryl methyl sites for hydroxylation is 2. The van der Waals surface area contributed by atoms with E-state index in [2.05, 4.69) is 22.1 Å². The van der Waals surface area contributed by atoms with Crippen LogP contribution in [-0.2, 0) is 6.42 Å². The normalized spacial score (nSPS) is 11.2. The molecule has 0 atom stereocenters. The lowest BCUT2D eigenvalue weighted by Gasteiger charge is -2.09. The third kappa shape index (κ3) is 3.94. The molecule has 0 bridgehead atoms. The van der Waals surface area contributed by atoms with Crippen LogP contribution in [0.2, 0.25) is 0 Å². The number of nitrogens with zero attached hydrogens (tertiary/aromatic N) is 1. The van der Waals surface area contributed by atoms with Crippen LogP contribution in [0, 0.1) is 6.92 Å². The second kappa shape index (κ2) is 8.79. The summed E-state index contributed by atoms with van der Waals surface area (Å²) in [6.07, 6.45) is 3.05. The minimum Gasteiger partial charge on any atom is -0.493 e. The van der Waals surface area contributed by atoms with Crippen molar-refractivity contribution in [3.05, 3.63) is 95.8 Å². The molecule has 0 radical (unpaired) electrons. The number of hydrogen-bond donors (Lipinski definition) is 2. The summed E-state index contributed by atoms with van der Waals surface area (Å²) in [7, 11) is 0. The van der Waals surface area contributed by atoms with Gasteiger partial charge in [-0.1, -0.05) is 60.7 Å². The Morgan fingerprint density at radius 2 is 1.76 bits per heavy atom. The van der Waals surface area contributed by atoms with Gasteiger partial charge in [0.15, 0.2) is 0 Å². The van der Waals surface area contributed by atoms with E-state index in [1.54, 1.807) is 6.20 Å². The molecule has 5 aromatic rings. The number of aromatic amines is 1. The summed E-state index contributed by atoms with van der Waals surface area (Å²) >= 11 is 0. The van der Waals surface area contributed by atoms with Crippen molar-refractivity contribution in [3.8, 4) is 17.0 Å². The Hall–Kier alpha value is -4.12. The molecule has 2 N–H and O–H groups in total. The molecule has 0 unspecified atom stereocenters. The van der Waals surface area contributed by atoms with Gasteiger partial charge in [-0.15, -0.1) is 0 Å². The number of fused-ring (bicyclic) bond motifs is 2. The number of para-hydroxylation sites is 1. The van der Waals surface area contributed by atoms with Crippen LogP contribution in [0.5, 0.6) is 5.75 Å². The minimum atomic E-state index is -0.958. The van der Waals surface area contributed by atoms with Gasteiger partial charge in [-0.05, 0) is 48.4 Å². The number of aromatic carboxylic acids is 1. The smallest absolute Gasteiger partial charge is 0.352 e. The summed E-state index contributed by atoms with van der Waals surface area (Å²) in [5.74, 6) is -0.113. The highest BCUT2D eigenvalue weighted by molar-refractivity contribution is 6.02. The fraction of sp³-hybridized carbons (Fsp3) is 0.143. The molecular weight excluding hydrogens is 412 g/mol. The summed E-state index contributed by atoms with van der Waals surface area (Å²) < 4.78 is 6.07. The molecule has 164 valence electrons. The molecule has 2 heterocycles. The van der Waals surface area contributed by atoms with Crippen molar-refractivity contribution in [3.63, 3.8) is 0 Å². The van der Waals surface area contributed by atoms with Gasteiger partial charge >= 0.3 is 5.97 Å². The Morgan fingerprint density at radius 1 is 0.970 bits per heavy atom. The lowest BCUT2D eigenvalue weighted by molar-refractivity contribution is 0.0690. The van der Waals surface area contributed by atoms with Crippen LogP contribution >= 0.6 is 0 Å². The predicted molar refractivity (Wildman–Crippen MR) is 131 cm³/mol. The first-order chi connectivity index (χ1) is 16.1. The van der Waals surface area contributed by atoms with E-state index in [4.69, 9.17) is 4.74 Å². The van der Waals surface area contributed by atoms with Crippen LogP contribution in [0.15, 0.2) is 79.0 Å². The van der Waals surface area contributed by atoms with Crippen molar-refractivity contribution < 1.29 is 14.6 Å². The fourth-order valence-corrected chi connectivity index (χ4v) is 4.43. The maximum Gasteiger partial charge on any atom is 0.352 e. The van der Waals surface area contributed by atoms with Gasteiger partial charge < -0.3 is 14.8 Å². The van der Waals surface area contributed by atoms with Crippen molar-refractivity contribution in [2.45, 2.75) is 19.8 Å². The third-order valence-electron chi connectivity index (χ3n) is 6.00. The summed E-state index contributed by atoms with van der Waals surface area (Å²) in [6, 6.07) is 24.0. The van der Waals surface area contributed by atoms with Crippen molar-refractivity contribution in [2.75, 3.05) is 6.61 Å². The van der Waals surface area contributed by atoms with Crippen molar-refractivity contribution in [2.24, 2.45) is 0 Å².